The molecular formula is C16H17NO2. The third kappa shape index (κ3) is 3.28. The Labute approximate surface area is 112 Å². The summed E-state index contributed by atoms with van der Waals surface area (Å²) in [6, 6.07) is 17.8. The van der Waals surface area contributed by atoms with E-state index in [1.54, 1.807) is 14.2 Å². The van der Waals surface area contributed by atoms with E-state index in [0.29, 0.717) is 0 Å². The summed E-state index contributed by atoms with van der Waals surface area (Å²) in [6.45, 7) is 0. The molecule has 0 bridgehead atoms. The van der Waals surface area contributed by atoms with Gasteiger partial charge in [-0.1, -0.05) is 30.3 Å². The third-order valence-corrected chi connectivity index (χ3v) is 2.75. The largest absolute Gasteiger partial charge is 0.493 e. The molecule has 98 valence electrons. The minimum Gasteiger partial charge on any atom is -0.493 e. The molecule has 0 aliphatic rings. The van der Waals surface area contributed by atoms with Gasteiger partial charge in [0.1, 0.15) is 0 Å². The number of H-pyrrole nitrogens is 1. The maximum absolute atomic E-state index is 5.01. The maximum atomic E-state index is 5.01. The number of rotatable bonds is 2. The van der Waals surface area contributed by atoms with Crippen LogP contribution < -0.4 is 9.47 Å². The first-order valence-corrected chi connectivity index (χ1v) is 6.04. The van der Waals surface area contributed by atoms with E-state index >= 15 is 0 Å². The van der Waals surface area contributed by atoms with Gasteiger partial charge in [-0.3, -0.25) is 0 Å². The van der Waals surface area contributed by atoms with Crippen molar-refractivity contribution in [3.8, 4) is 11.5 Å². The van der Waals surface area contributed by atoms with E-state index in [0.717, 1.165) is 11.5 Å². The van der Waals surface area contributed by atoms with Gasteiger partial charge in [0.05, 0.1) is 14.2 Å². The highest BCUT2D eigenvalue weighted by Crippen LogP contribution is 2.24. The number of hydrogen-bond acceptors (Lipinski definition) is 2. The molecule has 0 aliphatic carbocycles. The zero-order valence-corrected chi connectivity index (χ0v) is 11.1. The number of methoxy groups -OCH3 is 2. The van der Waals surface area contributed by atoms with Gasteiger partial charge in [0.25, 0.3) is 0 Å². The molecule has 3 heteroatoms. The summed E-state index contributed by atoms with van der Waals surface area (Å²) in [5, 5.41) is 1.28. The van der Waals surface area contributed by atoms with Gasteiger partial charge >= 0.3 is 0 Å². The number of fused-ring (bicyclic) bond motifs is 1. The number of nitrogens with one attached hydrogen (secondary N) is 1. The fourth-order valence-corrected chi connectivity index (χ4v) is 1.78. The molecule has 1 aromatic heterocycles. The number of aromatic amines is 1. The molecule has 0 fully saturated rings. The molecule has 3 nitrogen and oxygen atoms in total. The van der Waals surface area contributed by atoms with Crippen LogP contribution in [0.2, 0.25) is 0 Å². The predicted octanol–water partition coefficient (Wildman–Crippen LogP) is 3.87. The van der Waals surface area contributed by atoms with Crippen LogP contribution in [0.5, 0.6) is 11.5 Å². The van der Waals surface area contributed by atoms with Crippen molar-refractivity contribution in [2.24, 2.45) is 0 Å². The third-order valence-electron chi connectivity index (χ3n) is 2.75. The van der Waals surface area contributed by atoms with Crippen molar-refractivity contribution in [3.05, 3.63) is 60.8 Å². The summed E-state index contributed by atoms with van der Waals surface area (Å²) >= 11 is 0. The van der Waals surface area contributed by atoms with Crippen LogP contribution in [0.15, 0.2) is 60.8 Å². The molecule has 0 radical (unpaired) electrons. The Kier molecular flexibility index (Phi) is 4.45. The fourth-order valence-electron chi connectivity index (χ4n) is 1.78. The van der Waals surface area contributed by atoms with Crippen LogP contribution >= 0.6 is 0 Å². The predicted molar refractivity (Wildman–Crippen MR) is 77.8 cm³/mol. The maximum Gasteiger partial charge on any atom is 0.160 e. The van der Waals surface area contributed by atoms with Crippen LogP contribution in [0.4, 0.5) is 0 Å². The summed E-state index contributed by atoms with van der Waals surface area (Å²) in [4.78, 5) is 3.12. The Hall–Kier alpha value is -2.42. The molecule has 2 aromatic carbocycles. The first-order chi connectivity index (χ1) is 9.35. The smallest absolute Gasteiger partial charge is 0.160 e. The summed E-state index contributed by atoms with van der Waals surface area (Å²) in [6.07, 6.45) is 1.95. The molecule has 3 aromatic rings. The summed E-state index contributed by atoms with van der Waals surface area (Å²) < 4.78 is 10.0. The second-order valence-electron chi connectivity index (χ2n) is 3.92. The van der Waals surface area contributed by atoms with Crippen molar-refractivity contribution in [2.75, 3.05) is 14.2 Å². The van der Waals surface area contributed by atoms with E-state index in [4.69, 9.17) is 9.47 Å². The van der Waals surface area contributed by atoms with Gasteiger partial charge in [0.2, 0.25) is 0 Å². The molecule has 0 saturated carbocycles. The van der Waals surface area contributed by atoms with Gasteiger partial charge in [0, 0.05) is 11.7 Å². The molecule has 3 rings (SSSR count). The molecule has 19 heavy (non-hydrogen) atoms. The lowest BCUT2D eigenvalue weighted by molar-refractivity contribution is 0.355. The van der Waals surface area contributed by atoms with Crippen molar-refractivity contribution in [2.45, 2.75) is 0 Å². The molecule has 0 atom stereocenters. The van der Waals surface area contributed by atoms with Crippen molar-refractivity contribution in [1.82, 2.24) is 4.98 Å². The van der Waals surface area contributed by atoms with Gasteiger partial charge in [-0.15, -0.1) is 0 Å². The molecular weight excluding hydrogens is 238 g/mol. The van der Waals surface area contributed by atoms with Crippen LogP contribution in [0.1, 0.15) is 0 Å². The van der Waals surface area contributed by atoms with Crippen molar-refractivity contribution in [1.29, 1.82) is 0 Å². The highest BCUT2D eigenvalue weighted by molar-refractivity contribution is 5.78. The Morgan fingerprint density at radius 3 is 1.89 bits per heavy atom. The van der Waals surface area contributed by atoms with Gasteiger partial charge in [-0.05, 0) is 29.7 Å². The van der Waals surface area contributed by atoms with Crippen LogP contribution in [-0.2, 0) is 0 Å². The summed E-state index contributed by atoms with van der Waals surface area (Å²) in [5.41, 5.74) is 1.21. The summed E-state index contributed by atoms with van der Waals surface area (Å²) in [5.74, 6) is 1.54. The van der Waals surface area contributed by atoms with Gasteiger partial charge < -0.3 is 14.5 Å². The lowest BCUT2D eigenvalue weighted by Gasteiger charge is -2.04. The summed E-state index contributed by atoms with van der Waals surface area (Å²) in [7, 11) is 3.25. The molecule has 1 N–H and O–H groups in total. The van der Waals surface area contributed by atoms with Crippen LogP contribution in [0, 0.1) is 0 Å². The average Bonchev–Trinajstić information content (AvgIpc) is 2.96. The van der Waals surface area contributed by atoms with E-state index in [-0.39, 0.29) is 0 Å². The Morgan fingerprint density at radius 1 is 0.737 bits per heavy atom. The monoisotopic (exact) mass is 255 g/mol. The minimum absolute atomic E-state index is 0.769. The molecule has 0 saturated heterocycles. The van der Waals surface area contributed by atoms with E-state index in [9.17, 15) is 0 Å². The molecule has 0 unspecified atom stereocenters. The van der Waals surface area contributed by atoms with Crippen molar-refractivity contribution >= 4 is 10.9 Å². The SMILES string of the molecule is COc1ccccc1OC.c1ccc2[nH]ccc2c1. The molecule has 0 spiro atoms. The van der Waals surface area contributed by atoms with E-state index in [2.05, 4.69) is 23.2 Å². The quantitative estimate of drug-likeness (QED) is 0.754. The minimum atomic E-state index is 0.769. The standard InChI is InChI=1S/C8H7N.C8H10O2/c1-2-4-8-7(3-1)5-6-9-8;1-9-7-5-3-4-6-8(7)10-2/h1-6,9H;3-6H,1-2H3. The van der Waals surface area contributed by atoms with Crippen LogP contribution in [-0.4, -0.2) is 19.2 Å². The van der Waals surface area contributed by atoms with Gasteiger partial charge in [-0.25, -0.2) is 0 Å². The number of para-hydroxylation sites is 3. The first kappa shape index (κ1) is 13.0. The van der Waals surface area contributed by atoms with E-state index < -0.39 is 0 Å². The first-order valence-electron chi connectivity index (χ1n) is 6.04. The zero-order chi connectivity index (χ0) is 13.5. The topological polar surface area (TPSA) is 34.2 Å². The molecule has 0 aliphatic heterocycles. The lowest BCUT2D eigenvalue weighted by atomic mass is 10.3. The number of aromatic nitrogens is 1. The second-order valence-corrected chi connectivity index (χ2v) is 3.92. The number of benzene rings is 2. The number of ether oxygens (including phenoxy) is 2. The van der Waals surface area contributed by atoms with E-state index in [1.807, 2.05) is 42.6 Å². The molecule has 0 amide bonds. The second kappa shape index (κ2) is 6.50. The zero-order valence-electron chi connectivity index (χ0n) is 11.1. The van der Waals surface area contributed by atoms with Crippen LogP contribution in [0.25, 0.3) is 10.9 Å². The average molecular weight is 255 g/mol. The van der Waals surface area contributed by atoms with Gasteiger partial charge in [-0.2, -0.15) is 0 Å². The number of hydrogen-bond donors (Lipinski definition) is 1. The van der Waals surface area contributed by atoms with Gasteiger partial charge in [0.15, 0.2) is 11.5 Å². The Morgan fingerprint density at radius 2 is 1.32 bits per heavy atom. The van der Waals surface area contributed by atoms with Crippen LogP contribution in [0.3, 0.4) is 0 Å². The fraction of sp³-hybridized carbons (Fsp3) is 0.125. The highest BCUT2D eigenvalue weighted by atomic mass is 16.5. The Balaban J connectivity index is 0.000000141. The lowest BCUT2D eigenvalue weighted by Crippen LogP contribution is -1.88. The Bertz CT molecular complexity index is 578. The normalized spacial score (nSPS) is 9.58. The van der Waals surface area contributed by atoms with Crippen molar-refractivity contribution < 1.29 is 9.47 Å². The van der Waals surface area contributed by atoms with Crippen molar-refractivity contribution in [3.63, 3.8) is 0 Å². The van der Waals surface area contributed by atoms with E-state index in [1.165, 1.54) is 10.9 Å². The highest BCUT2D eigenvalue weighted by Gasteiger charge is 1.97. The molecule has 1 heterocycles.